The number of nitrogens with one attached hydrogen (secondary N) is 1. The van der Waals surface area contributed by atoms with Crippen LogP contribution >= 0.6 is 0 Å². The maximum Gasteiger partial charge on any atom is 0.0573 e. The first-order chi connectivity index (χ1) is 13.7. The van der Waals surface area contributed by atoms with Crippen LogP contribution in [0.4, 0.5) is 0 Å². The fraction of sp³-hybridized carbons (Fsp3) is 0.440. The number of nitrogens with zero attached hydrogens (tertiary/aromatic N) is 1. The van der Waals surface area contributed by atoms with E-state index in [2.05, 4.69) is 53.7 Å². The number of allylic oxidation sites excluding steroid dienone is 4. The number of benzene rings is 1. The quantitative estimate of drug-likeness (QED) is 0.421. The minimum Gasteiger partial charge on any atom is -0.397 e. The Kier molecular flexibility index (Phi) is 12.5. The second-order valence-electron chi connectivity index (χ2n) is 6.94. The summed E-state index contributed by atoms with van der Waals surface area (Å²) in [5, 5.41) is 3.42. The van der Waals surface area contributed by atoms with Crippen molar-refractivity contribution in [3.05, 3.63) is 84.8 Å². The molecule has 0 bridgehead atoms. The van der Waals surface area contributed by atoms with E-state index in [1.807, 2.05) is 26.0 Å². The molecule has 0 atom stereocenters. The number of piperidine rings is 1. The van der Waals surface area contributed by atoms with E-state index in [0.717, 1.165) is 24.7 Å². The number of hydrogen-bond acceptors (Lipinski definition) is 3. The minimum absolute atomic E-state index is 0.678. The summed E-state index contributed by atoms with van der Waals surface area (Å²) in [7, 11) is 0. The highest BCUT2D eigenvalue weighted by molar-refractivity contribution is 5.30. The van der Waals surface area contributed by atoms with Gasteiger partial charge >= 0.3 is 0 Å². The molecule has 0 aliphatic carbocycles. The third-order valence-electron chi connectivity index (χ3n) is 4.99. The molecule has 3 N–H and O–H groups in total. The van der Waals surface area contributed by atoms with Gasteiger partial charge in [-0.25, -0.2) is 0 Å². The van der Waals surface area contributed by atoms with Gasteiger partial charge in [0, 0.05) is 13.1 Å². The van der Waals surface area contributed by atoms with Crippen LogP contribution in [0, 0.1) is 5.92 Å². The van der Waals surface area contributed by atoms with Gasteiger partial charge in [0.15, 0.2) is 0 Å². The van der Waals surface area contributed by atoms with E-state index in [4.69, 9.17) is 5.73 Å². The van der Waals surface area contributed by atoms with Crippen molar-refractivity contribution in [3.63, 3.8) is 0 Å². The summed E-state index contributed by atoms with van der Waals surface area (Å²) in [5.74, 6) is 0.844. The molecule has 1 aliphatic heterocycles. The van der Waals surface area contributed by atoms with Crippen LogP contribution in [0.1, 0.15) is 45.1 Å². The Morgan fingerprint density at radius 1 is 1.18 bits per heavy atom. The van der Waals surface area contributed by atoms with Crippen molar-refractivity contribution >= 4 is 0 Å². The minimum atomic E-state index is 0.678. The van der Waals surface area contributed by atoms with Crippen LogP contribution in [0.2, 0.25) is 0 Å². The van der Waals surface area contributed by atoms with E-state index in [9.17, 15) is 0 Å². The Bertz CT molecular complexity index is 608. The molecule has 154 valence electrons. The van der Waals surface area contributed by atoms with Crippen LogP contribution in [0.3, 0.4) is 0 Å². The van der Waals surface area contributed by atoms with Crippen LogP contribution < -0.4 is 11.1 Å². The highest BCUT2D eigenvalue weighted by Gasteiger charge is 2.18. The van der Waals surface area contributed by atoms with Crippen molar-refractivity contribution in [2.24, 2.45) is 11.7 Å². The van der Waals surface area contributed by atoms with Crippen molar-refractivity contribution in [2.75, 3.05) is 19.6 Å². The van der Waals surface area contributed by atoms with E-state index in [1.165, 1.54) is 44.3 Å². The van der Waals surface area contributed by atoms with Crippen molar-refractivity contribution < 1.29 is 0 Å². The van der Waals surface area contributed by atoms with E-state index in [1.54, 1.807) is 12.2 Å². The third kappa shape index (κ3) is 9.09. The first-order valence-electron chi connectivity index (χ1n) is 10.6. The second-order valence-corrected chi connectivity index (χ2v) is 6.94. The van der Waals surface area contributed by atoms with Gasteiger partial charge in [-0.1, -0.05) is 69.5 Å². The average Bonchev–Trinajstić information content (AvgIpc) is 2.76. The van der Waals surface area contributed by atoms with Crippen LogP contribution in [0.15, 0.2) is 79.2 Å². The normalized spacial score (nSPS) is 16.1. The number of rotatable bonds is 10. The fourth-order valence-electron chi connectivity index (χ4n) is 3.42. The zero-order chi connectivity index (χ0) is 20.6. The first kappa shape index (κ1) is 23.8. The van der Waals surface area contributed by atoms with Gasteiger partial charge in [-0.3, -0.25) is 4.90 Å². The Morgan fingerprint density at radius 2 is 1.86 bits per heavy atom. The molecule has 3 nitrogen and oxygen atoms in total. The lowest BCUT2D eigenvalue weighted by molar-refractivity contribution is 0.171. The van der Waals surface area contributed by atoms with Crippen LogP contribution in [0.25, 0.3) is 0 Å². The molecule has 0 spiro atoms. The Morgan fingerprint density at radius 3 is 2.46 bits per heavy atom. The maximum atomic E-state index is 5.97. The standard InChI is InChI=1S/C23H33N3.C2H6/c1-3-5-13-23(22(24)4-2)25-16-9-12-20-14-17-26(18-15-20)19-21-10-7-6-8-11-21;1-2/h3-8,10-11,13,20,25H,1-2,9,12,14-19,24H2;1-2H3/b13-5-,23-22-;. The molecule has 0 saturated carbocycles. The van der Waals surface area contributed by atoms with Gasteiger partial charge in [0.1, 0.15) is 0 Å². The fourth-order valence-corrected chi connectivity index (χ4v) is 3.42. The summed E-state index contributed by atoms with van der Waals surface area (Å²) in [6, 6.07) is 10.8. The lowest BCUT2D eigenvalue weighted by Crippen LogP contribution is -2.33. The lowest BCUT2D eigenvalue weighted by Gasteiger charge is -2.32. The molecule has 0 radical (unpaired) electrons. The van der Waals surface area contributed by atoms with Gasteiger partial charge in [-0.2, -0.15) is 0 Å². The zero-order valence-electron chi connectivity index (χ0n) is 17.9. The third-order valence-corrected chi connectivity index (χ3v) is 4.99. The van der Waals surface area contributed by atoms with E-state index >= 15 is 0 Å². The Labute approximate surface area is 172 Å². The van der Waals surface area contributed by atoms with Gasteiger partial charge in [0.25, 0.3) is 0 Å². The predicted octanol–water partition coefficient (Wildman–Crippen LogP) is 5.39. The Balaban J connectivity index is 0.00000190. The van der Waals surface area contributed by atoms with Crippen molar-refractivity contribution in [1.29, 1.82) is 0 Å². The van der Waals surface area contributed by atoms with Crippen LogP contribution in [-0.4, -0.2) is 24.5 Å². The molecule has 1 saturated heterocycles. The monoisotopic (exact) mass is 381 g/mol. The van der Waals surface area contributed by atoms with Crippen molar-refractivity contribution in [1.82, 2.24) is 10.2 Å². The maximum absolute atomic E-state index is 5.97. The molecule has 1 aromatic rings. The van der Waals surface area contributed by atoms with Gasteiger partial charge < -0.3 is 11.1 Å². The van der Waals surface area contributed by atoms with Gasteiger partial charge in [-0.15, -0.1) is 0 Å². The topological polar surface area (TPSA) is 41.3 Å². The average molecular weight is 382 g/mol. The van der Waals surface area contributed by atoms with E-state index in [0.29, 0.717) is 5.70 Å². The molecule has 1 aliphatic rings. The molecule has 2 rings (SSSR count). The molecule has 3 heteroatoms. The molecule has 0 aromatic heterocycles. The highest BCUT2D eigenvalue weighted by atomic mass is 15.1. The number of hydrogen-bond donors (Lipinski definition) is 2. The van der Waals surface area contributed by atoms with Gasteiger partial charge in [0.2, 0.25) is 0 Å². The Hall–Kier alpha value is -2.26. The molecule has 1 heterocycles. The second kappa shape index (κ2) is 14.8. The molecule has 0 unspecified atom stereocenters. The largest absolute Gasteiger partial charge is 0.397 e. The van der Waals surface area contributed by atoms with E-state index in [-0.39, 0.29) is 0 Å². The lowest BCUT2D eigenvalue weighted by atomic mass is 9.92. The number of likely N-dealkylation sites (tertiary alicyclic amines) is 1. The van der Waals surface area contributed by atoms with Crippen LogP contribution in [-0.2, 0) is 6.54 Å². The molecule has 28 heavy (non-hydrogen) atoms. The van der Waals surface area contributed by atoms with E-state index < -0.39 is 0 Å². The van der Waals surface area contributed by atoms with Gasteiger partial charge in [-0.05, 0) is 62.4 Å². The summed E-state index contributed by atoms with van der Waals surface area (Å²) in [6.45, 7) is 15.9. The smallest absolute Gasteiger partial charge is 0.0573 e. The number of nitrogens with two attached hydrogens (primary N) is 1. The first-order valence-corrected chi connectivity index (χ1v) is 10.6. The summed E-state index contributed by atoms with van der Waals surface area (Å²) < 4.78 is 0. The summed E-state index contributed by atoms with van der Waals surface area (Å²) in [6.07, 6.45) is 12.3. The van der Waals surface area contributed by atoms with Crippen molar-refractivity contribution in [3.8, 4) is 0 Å². The molecule has 1 aromatic carbocycles. The molecule has 1 fully saturated rings. The summed E-state index contributed by atoms with van der Waals surface area (Å²) >= 11 is 0. The summed E-state index contributed by atoms with van der Waals surface area (Å²) in [4.78, 5) is 2.58. The van der Waals surface area contributed by atoms with Gasteiger partial charge in [0.05, 0.1) is 11.4 Å². The van der Waals surface area contributed by atoms with Crippen molar-refractivity contribution in [2.45, 2.75) is 46.1 Å². The predicted molar refractivity (Wildman–Crippen MR) is 124 cm³/mol. The molecular weight excluding hydrogens is 342 g/mol. The molecule has 0 amide bonds. The highest BCUT2D eigenvalue weighted by Crippen LogP contribution is 2.23. The summed E-state index contributed by atoms with van der Waals surface area (Å²) in [5.41, 5.74) is 8.99. The molecular formula is C25H39N3. The zero-order valence-corrected chi connectivity index (χ0v) is 17.9. The van der Waals surface area contributed by atoms with Crippen LogP contribution in [0.5, 0.6) is 0 Å². The SMILES string of the molecule is C=C/C=C\C(NCCCC1CCN(Cc2ccccc2)CC1)=C(\N)C=C.CC.